The first-order valence-corrected chi connectivity index (χ1v) is 3.66. The maximum atomic E-state index is 11.7. The first kappa shape index (κ1) is 8.97. The van der Waals surface area contributed by atoms with Crippen molar-refractivity contribution in [1.29, 1.82) is 0 Å². The molecule has 65 valence electrons. The number of alkyl halides is 2. The van der Waals surface area contributed by atoms with Crippen LogP contribution in [0, 0.1) is 6.07 Å². The largest absolute Gasteiger partial charge is 0.493 e. The molecule has 1 radical (unpaired) electrons. The van der Waals surface area contributed by atoms with E-state index in [0.717, 1.165) is 0 Å². The molecule has 0 aliphatic carbocycles. The molecule has 0 atom stereocenters. The molecule has 0 aliphatic heterocycles. The molecule has 0 fully saturated rings. The summed E-state index contributed by atoms with van der Waals surface area (Å²) in [5, 5.41) is 0. The third-order valence-corrected chi connectivity index (χ3v) is 1.29. The van der Waals surface area contributed by atoms with Crippen LogP contribution >= 0.6 is 0 Å². The molecule has 1 aromatic rings. The number of benzene rings is 1. The van der Waals surface area contributed by atoms with E-state index in [2.05, 4.69) is 6.07 Å². The van der Waals surface area contributed by atoms with Crippen LogP contribution in [0.3, 0.4) is 0 Å². The predicted molar refractivity (Wildman–Crippen MR) is 41.4 cm³/mol. The molecular formula is C9H9F2O. The van der Waals surface area contributed by atoms with Crippen molar-refractivity contribution in [2.24, 2.45) is 0 Å². The third-order valence-electron chi connectivity index (χ3n) is 1.29. The lowest BCUT2D eigenvalue weighted by Crippen LogP contribution is -2.02. The molecular weight excluding hydrogens is 162 g/mol. The molecule has 0 aromatic heterocycles. The summed E-state index contributed by atoms with van der Waals surface area (Å²) in [6.07, 6.45) is -2.52. The summed E-state index contributed by atoms with van der Waals surface area (Å²) in [5.74, 6) is 0.606. The van der Waals surface area contributed by atoms with Crippen LogP contribution in [0.5, 0.6) is 5.75 Å². The normalized spacial score (nSPS) is 10.2. The summed E-state index contributed by atoms with van der Waals surface area (Å²) in [7, 11) is 0. The summed E-state index contributed by atoms with van der Waals surface area (Å²) in [4.78, 5) is 0. The molecule has 1 rings (SSSR count). The predicted octanol–water partition coefficient (Wildman–Crippen LogP) is 2.52. The Labute approximate surface area is 70.0 Å². The van der Waals surface area contributed by atoms with Gasteiger partial charge in [0.25, 0.3) is 0 Å². The molecule has 3 heteroatoms. The Bertz CT molecular complexity index is 211. The molecule has 0 unspecified atom stereocenters. The molecule has 0 bridgehead atoms. The van der Waals surface area contributed by atoms with E-state index in [1.807, 2.05) is 0 Å². The fourth-order valence-electron chi connectivity index (χ4n) is 0.734. The average Bonchev–Trinajstić information content (AvgIpc) is 2.05. The zero-order valence-electron chi connectivity index (χ0n) is 6.47. The van der Waals surface area contributed by atoms with Gasteiger partial charge in [-0.05, 0) is 18.2 Å². The number of halogens is 2. The van der Waals surface area contributed by atoms with Gasteiger partial charge < -0.3 is 4.74 Å². The first-order valence-electron chi connectivity index (χ1n) is 3.66. The lowest BCUT2D eigenvalue weighted by molar-refractivity contribution is 0.114. The molecule has 0 aliphatic rings. The minimum atomic E-state index is -2.29. The van der Waals surface area contributed by atoms with Crippen molar-refractivity contribution in [3.05, 3.63) is 30.3 Å². The van der Waals surface area contributed by atoms with Gasteiger partial charge in [-0.25, -0.2) is 8.78 Å². The Morgan fingerprint density at radius 2 is 2.00 bits per heavy atom. The number of hydrogen-bond donors (Lipinski definition) is 0. The fraction of sp³-hybridized carbons (Fsp3) is 0.333. The number of hydrogen-bond acceptors (Lipinski definition) is 1. The van der Waals surface area contributed by atoms with Crippen molar-refractivity contribution in [2.45, 2.75) is 12.8 Å². The van der Waals surface area contributed by atoms with Crippen LogP contribution < -0.4 is 4.74 Å². The second kappa shape index (κ2) is 4.70. The molecule has 0 saturated carbocycles. The van der Waals surface area contributed by atoms with Crippen molar-refractivity contribution in [3.63, 3.8) is 0 Å². The van der Waals surface area contributed by atoms with Gasteiger partial charge >= 0.3 is 0 Å². The van der Waals surface area contributed by atoms with Gasteiger partial charge in [0.05, 0.1) is 6.61 Å². The monoisotopic (exact) mass is 171 g/mol. The summed E-state index contributed by atoms with van der Waals surface area (Å²) in [5.41, 5.74) is 0. The van der Waals surface area contributed by atoms with Gasteiger partial charge in [0.1, 0.15) is 5.75 Å². The van der Waals surface area contributed by atoms with E-state index in [4.69, 9.17) is 4.74 Å². The maximum absolute atomic E-state index is 11.7. The molecule has 12 heavy (non-hydrogen) atoms. The van der Waals surface area contributed by atoms with E-state index in [9.17, 15) is 8.78 Å². The highest BCUT2D eigenvalue weighted by molar-refractivity contribution is 5.20. The standard InChI is InChI=1S/C9H9F2O/c10-9(11)6-7-12-8-4-2-1-3-5-8/h2-5,9H,6-7H2. The van der Waals surface area contributed by atoms with E-state index in [1.54, 1.807) is 24.3 Å². The number of rotatable bonds is 4. The van der Waals surface area contributed by atoms with Crippen LogP contribution in [-0.4, -0.2) is 13.0 Å². The van der Waals surface area contributed by atoms with Gasteiger partial charge in [0, 0.05) is 6.42 Å². The van der Waals surface area contributed by atoms with Crippen LogP contribution in [0.1, 0.15) is 6.42 Å². The van der Waals surface area contributed by atoms with Crippen molar-refractivity contribution >= 4 is 0 Å². The van der Waals surface area contributed by atoms with Gasteiger partial charge in [-0.2, -0.15) is 0 Å². The molecule has 1 aromatic carbocycles. The summed E-state index contributed by atoms with van der Waals surface area (Å²) >= 11 is 0. The van der Waals surface area contributed by atoms with Gasteiger partial charge in [-0.15, -0.1) is 0 Å². The Morgan fingerprint density at radius 1 is 1.33 bits per heavy atom. The smallest absolute Gasteiger partial charge is 0.241 e. The molecule has 0 saturated heterocycles. The van der Waals surface area contributed by atoms with Crippen molar-refractivity contribution < 1.29 is 13.5 Å². The maximum Gasteiger partial charge on any atom is 0.241 e. The summed E-state index contributed by atoms with van der Waals surface area (Å²) < 4.78 is 28.3. The van der Waals surface area contributed by atoms with E-state index in [0.29, 0.717) is 5.75 Å². The van der Waals surface area contributed by atoms with Crippen molar-refractivity contribution in [1.82, 2.24) is 0 Å². The minimum Gasteiger partial charge on any atom is -0.493 e. The quantitative estimate of drug-likeness (QED) is 0.676. The van der Waals surface area contributed by atoms with Gasteiger partial charge in [0.15, 0.2) is 0 Å². The Kier molecular flexibility index (Phi) is 3.51. The summed E-state index contributed by atoms with van der Waals surface area (Å²) in [6.45, 7) is 0.0572. The van der Waals surface area contributed by atoms with Gasteiger partial charge in [0.2, 0.25) is 6.43 Å². The number of ether oxygens (including phenoxy) is 1. The molecule has 1 nitrogen and oxygen atoms in total. The van der Waals surface area contributed by atoms with Crippen molar-refractivity contribution in [2.75, 3.05) is 6.61 Å². The first-order chi connectivity index (χ1) is 5.79. The third kappa shape index (κ3) is 3.32. The Balaban J connectivity index is 2.25. The highest BCUT2D eigenvalue weighted by atomic mass is 19.3. The Morgan fingerprint density at radius 3 is 2.58 bits per heavy atom. The second-order valence-electron chi connectivity index (χ2n) is 2.26. The SMILES string of the molecule is FC(F)CCOc1cc[c]cc1. The van der Waals surface area contributed by atoms with Gasteiger partial charge in [-0.3, -0.25) is 0 Å². The van der Waals surface area contributed by atoms with Crippen LogP contribution in [0.25, 0.3) is 0 Å². The molecule has 0 heterocycles. The highest BCUT2D eigenvalue weighted by Gasteiger charge is 2.01. The van der Waals surface area contributed by atoms with E-state index in [1.165, 1.54) is 0 Å². The Hall–Kier alpha value is -1.12. The lowest BCUT2D eigenvalue weighted by atomic mass is 10.3. The van der Waals surface area contributed by atoms with E-state index in [-0.39, 0.29) is 13.0 Å². The second-order valence-corrected chi connectivity index (χ2v) is 2.26. The molecule has 0 amide bonds. The molecule has 0 N–H and O–H groups in total. The van der Waals surface area contributed by atoms with E-state index >= 15 is 0 Å². The summed E-state index contributed by atoms with van der Waals surface area (Å²) in [6, 6.07) is 9.53. The van der Waals surface area contributed by atoms with Crippen LogP contribution in [-0.2, 0) is 0 Å². The highest BCUT2D eigenvalue weighted by Crippen LogP contribution is 2.09. The van der Waals surface area contributed by atoms with Crippen molar-refractivity contribution in [3.8, 4) is 5.75 Å². The topological polar surface area (TPSA) is 9.23 Å². The fourth-order valence-corrected chi connectivity index (χ4v) is 0.734. The van der Waals surface area contributed by atoms with Crippen LogP contribution in [0.2, 0.25) is 0 Å². The van der Waals surface area contributed by atoms with Crippen LogP contribution in [0.4, 0.5) is 8.78 Å². The van der Waals surface area contributed by atoms with Crippen LogP contribution in [0.15, 0.2) is 24.3 Å². The van der Waals surface area contributed by atoms with E-state index < -0.39 is 6.43 Å². The zero-order valence-corrected chi connectivity index (χ0v) is 6.47. The van der Waals surface area contributed by atoms with Gasteiger partial charge in [-0.1, -0.05) is 12.1 Å². The lowest BCUT2D eigenvalue weighted by Gasteiger charge is -2.04. The molecule has 0 spiro atoms. The average molecular weight is 171 g/mol. The zero-order chi connectivity index (χ0) is 8.81. The minimum absolute atomic E-state index is 0.0572.